The third kappa shape index (κ3) is 3.70. The first-order valence-electron chi connectivity index (χ1n) is 8.46. The molecule has 2 aliphatic rings. The van der Waals surface area contributed by atoms with Crippen LogP contribution in [0.2, 0.25) is 0 Å². The highest BCUT2D eigenvalue weighted by Crippen LogP contribution is 2.33. The van der Waals surface area contributed by atoms with E-state index >= 15 is 0 Å². The molecule has 3 rings (SSSR count). The van der Waals surface area contributed by atoms with Crippen molar-refractivity contribution in [1.82, 2.24) is 0 Å². The number of anilines is 1. The molecule has 116 valence electrons. The Balaban J connectivity index is 1.70. The van der Waals surface area contributed by atoms with E-state index in [9.17, 15) is 0 Å². The lowest BCUT2D eigenvalue weighted by atomic mass is 10.0. The molecule has 3 heteroatoms. The fourth-order valence-electron chi connectivity index (χ4n) is 3.52. The van der Waals surface area contributed by atoms with Gasteiger partial charge in [0, 0.05) is 19.1 Å². The minimum atomic E-state index is 0.369. The van der Waals surface area contributed by atoms with E-state index in [1.54, 1.807) is 0 Å². The van der Waals surface area contributed by atoms with Crippen LogP contribution in [-0.4, -0.2) is 25.7 Å². The quantitative estimate of drug-likeness (QED) is 0.921. The molecule has 1 aromatic rings. The maximum absolute atomic E-state index is 6.18. The summed E-state index contributed by atoms with van der Waals surface area (Å²) in [5.74, 6) is 1.82. The van der Waals surface area contributed by atoms with Crippen LogP contribution >= 0.6 is 0 Å². The highest BCUT2D eigenvalue weighted by Gasteiger charge is 2.21. The van der Waals surface area contributed by atoms with Crippen molar-refractivity contribution in [2.75, 3.05) is 24.6 Å². The van der Waals surface area contributed by atoms with Crippen molar-refractivity contribution in [3.63, 3.8) is 0 Å². The van der Waals surface area contributed by atoms with Crippen LogP contribution in [0.15, 0.2) is 18.2 Å². The van der Waals surface area contributed by atoms with Crippen molar-refractivity contribution < 1.29 is 4.74 Å². The van der Waals surface area contributed by atoms with Crippen LogP contribution in [0.1, 0.15) is 44.1 Å². The molecule has 1 aromatic carbocycles. The third-order valence-electron chi connectivity index (χ3n) is 4.94. The standard InChI is InChI=1S/C18H28N2O/c1-14-6-7-18(21-13-15-4-2-3-5-15)17(12-14)20-10-8-16(19)9-11-20/h6-7,12,15-16H,2-5,8-11,13,19H2,1H3. The molecule has 0 radical (unpaired) electrons. The molecule has 0 spiro atoms. The van der Waals surface area contributed by atoms with Gasteiger partial charge in [0.15, 0.2) is 0 Å². The summed E-state index contributed by atoms with van der Waals surface area (Å²) in [6.45, 7) is 5.12. The number of hydrogen-bond donors (Lipinski definition) is 1. The highest BCUT2D eigenvalue weighted by atomic mass is 16.5. The summed E-state index contributed by atoms with van der Waals surface area (Å²) < 4.78 is 6.18. The van der Waals surface area contributed by atoms with Gasteiger partial charge in [-0.15, -0.1) is 0 Å². The molecule has 0 aromatic heterocycles. The molecular weight excluding hydrogens is 260 g/mol. The van der Waals surface area contributed by atoms with Crippen LogP contribution in [0.25, 0.3) is 0 Å². The van der Waals surface area contributed by atoms with Crippen LogP contribution in [0.3, 0.4) is 0 Å². The summed E-state index contributed by atoms with van der Waals surface area (Å²) in [4.78, 5) is 2.44. The maximum Gasteiger partial charge on any atom is 0.142 e. The van der Waals surface area contributed by atoms with E-state index in [0.29, 0.717) is 6.04 Å². The number of rotatable bonds is 4. The zero-order valence-corrected chi connectivity index (χ0v) is 13.2. The maximum atomic E-state index is 6.18. The second kappa shape index (κ2) is 6.69. The Hall–Kier alpha value is -1.22. The van der Waals surface area contributed by atoms with Gasteiger partial charge in [0.1, 0.15) is 5.75 Å². The Kier molecular flexibility index (Phi) is 4.69. The van der Waals surface area contributed by atoms with Gasteiger partial charge in [-0.2, -0.15) is 0 Å². The molecule has 1 saturated heterocycles. The zero-order chi connectivity index (χ0) is 14.7. The third-order valence-corrected chi connectivity index (χ3v) is 4.94. The van der Waals surface area contributed by atoms with Gasteiger partial charge in [-0.3, -0.25) is 0 Å². The SMILES string of the molecule is Cc1ccc(OCC2CCCC2)c(N2CCC(N)CC2)c1. The number of benzene rings is 1. The van der Waals surface area contributed by atoms with E-state index in [1.807, 2.05) is 0 Å². The lowest BCUT2D eigenvalue weighted by Crippen LogP contribution is -2.39. The van der Waals surface area contributed by atoms with E-state index in [4.69, 9.17) is 10.5 Å². The average Bonchev–Trinajstić information content (AvgIpc) is 3.00. The lowest BCUT2D eigenvalue weighted by molar-refractivity contribution is 0.252. The van der Waals surface area contributed by atoms with E-state index < -0.39 is 0 Å². The van der Waals surface area contributed by atoms with Gasteiger partial charge >= 0.3 is 0 Å². The van der Waals surface area contributed by atoms with Crippen molar-refractivity contribution >= 4 is 5.69 Å². The molecule has 2 N–H and O–H groups in total. The van der Waals surface area contributed by atoms with Crippen LogP contribution in [0, 0.1) is 12.8 Å². The van der Waals surface area contributed by atoms with Crippen LogP contribution < -0.4 is 15.4 Å². The molecule has 1 aliphatic heterocycles. The first-order chi connectivity index (χ1) is 10.2. The van der Waals surface area contributed by atoms with E-state index in [1.165, 1.54) is 36.9 Å². The molecule has 1 saturated carbocycles. The van der Waals surface area contributed by atoms with E-state index in [2.05, 4.69) is 30.0 Å². The summed E-state index contributed by atoms with van der Waals surface area (Å²) >= 11 is 0. The Bertz CT molecular complexity index is 460. The normalized spacial score (nSPS) is 21.0. The summed E-state index contributed by atoms with van der Waals surface area (Å²) in [6, 6.07) is 6.94. The molecule has 3 nitrogen and oxygen atoms in total. The number of piperidine rings is 1. The number of nitrogens with zero attached hydrogens (tertiary/aromatic N) is 1. The number of ether oxygens (including phenoxy) is 1. The topological polar surface area (TPSA) is 38.5 Å². The largest absolute Gasteiger partial charge is 0.491 e. The summed E-state index contributed by atoms with van der Waals surface area (Å²) in [6.07, 6.45) is 7.57. The Labute approximate surface area is 128 Å². The monoisotopic (exact) mass is 288 g/mol. The second-order valence-electron chi connectivity index (χ2n) is 6.76. The molecule has 0 unspecified atom stereocenters. The van der Waals surface area contributed by atoms with Crippen molar-refractivity contribution in [2.45, 2.75) is 51.5 Å². The summed E-state index contributed by atoms with van der Waals surface area (Å²) in [5, 5.41) is 0. The highest BCUT2D eigenvalue weighted by molar-refractivity contribution is 5.60. The van der Waals surface area contributed by atoms with Crippen LogP contribution in [-0.2, 0) is 0 Å². The van der Waals surface area contributed by atoms with Gasteiger partial charge in [0.05, 0.1) is 12.3 Å². The summed E-state index contributed by atoms with van der Waals surface area (Å²) in [5.41, 5.74) is 8.59. The van der Waals surface area contributed by atoms with Gasteiger partial charge in [0.25, 0.3) is 0 Å². The molecule has 1 aliphatic carbocycles. The van der Waals surface area contributed by atoms with Crippen LogP contribution in [0.4, 0.5) is 5.69 Å². The number of nitrogens with two attached hydrogens (primary N) is 1. The van der Waals surface area contributed by atoms with Crippen molar-refractivity contribution in [1.29, 1.82) is 0 Å². The van der Waals surface area contributed by atoms with E-state index in [0.717, 1.165) is 44.2 Å². The predicted molar refractivity (Wildman–Crippen MR) is 88.1 cm³/mol. The molecular formula is C18H28N2O. The minimum Gasteiger partial charge on any atom is -0.491 e. The Morgan fingerprint density at radius 2 is 1.86 bits per heavy atom. The van der Waals surface area contributed by atoms with Gasteiger partial charge in [-0.05, 0) is 56.2 Å². The van der Waals surface area contributed by atoms with Gasteiger partial charge < -0.3 is 15.4 Å². The number of aryl methyl sites for hydroxylation is 1. The van der Waals surface area contributed by atoms with Gasteiger partial charge in [-0.25, -0.2) is 0 Å². The first-order valence-corrected chi connectivity index (χ1v) is 8.46. The van der Waals surface area contributed by atoms with Crippen LogP contribution in [0.5, 0.6) is 5.75 Å². The molecule has 2 fully saturated rings. The fourth-order valence-corrected chi connectivity index (χ4v) is 3.52. The van der Waals surface area contributed by atoms with Gasteiger partial charge in [0.2, 0.25) is 0 Å². The molecule has 0 bridgehead atoms. The predicted octanol–water partition coefficient (Wildman–Crippen LogP) is 3.49. The lowest BCUT2D eigenvalue weighted by Gasteiger charge is -2.33. The molecule has 21 heavy (non-hydrogen) atoms. The first kappa shape index (κ1) is 14.7. The van der Waals surface area contributed by atoms with Crippen molar-refractivity contribution in [3.8, 4) is 5.75 Å². The smallest absolute Gasteiger partial charge is 0.142 e. The van der Waals surface area contributed by atoms with Gasteiger partial charge in [-0.1, -0.05) is 18.9 Å². The van der Waals surface area contributed by atoms with E-state index in [-0.39, 0.29) is 0 Å². The molecule has 1 heterocycles. The Morgan fingerprint density at radius 1 is 1.14 bits per heavy atom. The summed E-state index contributed by atoms with van der Waals surface area (Å²) in [7, 11) is 0. The van der Waals surface area contributed by atoms with Crippen molar-refractivity contribution in [3.05, 3.63) is 23.8 Å². The molecule has 0 amide bonds. The number of hydrogen-bond acceptors (Lipinski definition) is 3. The molecule has 0 atom stereocenters. The zero-order valence-electron chi connectivity index (χ0n) is 13.2. The fraction of sp³-hybridized carbons (Fsp3) is 0.667. The van der Waals surface area contributed by atoms with Crippen molar-refractivity contribution in [2.24, 2.45) is 11.7 Å². The average molecular weight is 288 g/mol. The second-order valence-corrected chi connectivity index (χ2v) is 6.76. The Morgan fingerprint density at radius 3 is 2.57 bits per heavy atom. The minimum absolute atomic E-state index is 0.369.